The van der Waals surface area contributed by atoms with Gasteiger partial charge in [-0.1, -0.05) is 6.92 Å². The maximum Gasteiger partial charge on any atom is 0.237 e. The Labute approximate surface area is 163 Å². The second kappa shape index (κ2) is 8.29. The Bertz CT molecular complexity index is 624. The molecule has 4 rings (SSSR count). The van der Waals surface area contributed by atoms with E-state index in [2.05, 4.69) is 38.4 Å². The SMILES string of the molecule is CCn1cnnc1C1CCN(CC(=O)N(C2CCC(C)CC2)C2CC2)CC1. The molecule has 27 heavy (non-hydrogen) atoms. The third kappa shape index (κ3) is 4.36. The molecule has 0 bridgehead atoms. The summed E-state index contributed by atoms with van der Waals surface area (Å²) in [5.74, 6) is 2.83. The van der Waals surface area contributed by atoms with Crippen molar-refractivity contribution in [2.45, 2.75) is 89.8 Å². The summed E-state index contributed by atoms with van der Waals surface area (Å²) in [6.45, 7) is 8.01. The molecule has 2 aliphatic carbocycles. The molecule has 0 unspecified atom stereocenters. The molecule has 150 valence electrons. The van der Waals surface area contributed by atoms with Crippen LogP contribution in [0.3, 0.4) is 0 Å². The predicted molar refractivity (Wildman–Crippen MR) is 105 cm³/mol. The molecule has 1 saturated heterocycles. The Morgan fingerprint density at radius 3 is 2.30 bits per heavy atom. The lowest BCUT2D eigenvalue weighted by Crippen LogP contribution is -2.49. The summed E-state index contributed by atoms with van der Waals surface area (Å²) in [6, 6.07) is 1.04. The van der Waals surface area contributed by atoms with Crippen LogP contribution in [0.5, 0.6) is 0 Å². The number of carbonyl (C=O) groups is 1. The number of piperidine rings is 1. The number of aryl methyl sites for hydroxylation is 1. The highest BCUT2D eigenvalue weighted by Gasteiger charge is 2.39. The van der Waals surface area contributed by atoms with Crippen molar-refractivity contribution in [3.8, 4) is 0 Å². The first kappa shape index (κ1) is 18.9. The largest absolute Gasteiger partial charge is 0.336 e. The van der Waals surface area contributed by atoms with E-state index >= 15 is 0 Å². The van der Waals surface area contributed by atoms with Crippen molar-refractivity contribution in [2.75, 3.05) is 19.6 Å². The molecule has 1 aliphatic heterocycles. The van der Waals surface area contributed by atoms with Crippen LogP contribution >= 0.6 is 0 Å². The number of hydrogen-bond acceptors (Lipinski definition) is 4. The van der Waals surface area contributed by atoms with Gasteiger partial charge in [-0.3, -0.25) is 9.69 Å². The van der Waals surface area contributed by atoms with Crippen LogP contribution in [0.1, 0.15) is 77.0 Å². The highest BCUT2D eigenvalue weighted by Crippen LogP contribution is 2.35. The van der Waals surface area contributed by atoms with Crippen molar-refractivity contribution >= 4 is 5.91 Å². The van der Waals surface area contributed by atoms with Gasteiger partial charge in [-0.05, 0) is 77.3 Å². The lowest BCUT2D eigenvalue weighted by Gasteiger charge is -2.38. The van der Waals surface area contributed by atoms with Gasteiger partial charge in [0.2, 0.25) is 5.91 Å². The summed E-state index contributed by atoms with van der Waals surface area (Å²) < 4.78 is 2.16. The van der Waals surface area contributed by atoms with Gasteiger partial charge in [0.05, 0.1) is 6.54 Å². The zero-order valence-corrected chi connectivity index (χ0v) is 17.0. The number of hydrogen-bond donors (Lipinski definition) is 0. The second-order valence-electron chi connectivity index (χ2n) is 8.97. The standard InChI is InChI=1S/C21H35N5O/c1-3-25-15-22-23-21(25)17-10-12-24(13-11-17)14-20(27)26(19-8-9-19)18-6-4-16(2)5-7-18/h15-19H,3-14H2,1-2H3. The molecule has 1 aromatic heterocycles. The summed E-state index contributed by atoms with van der Waals surface area (Å²) in [6.07, 6.45) is 11.4. The Morgan fingerprint density at radius 2 is 1.70 bits per heavy atom. The molecule has 1 amide bonds. The van der Waals surface area contributed by atoms with Crippen molar-refractivity contribution in [1.82, 2.24) is 24.6 Å². The van der Waals surface area contributed by atoms with Gasteiger partial charge in [0, 0.05) is 24.5 Å². The van der Waals surface area contributed by atoms with E-state index in [1.807, 2.05) is 6.33 Å². The van der Waals surface area contributed by atoms with Crippen molar-refractivity contribution in [3.63, 3.8) is 0 Å². The van der Waals surface area contributed by atoms with E-state index in [0.29, 0.717) is 30.5 Å². The molecule has 0 atom stereocenters. The molecule has 0 N–H and O–H groups in total. The fourth-order valence-corrected chi connectivity index (χ4v) is 5.02. The summed E-state index contributed by atoms with van der Waals surface area (Å²) in [4.78, 5) is 17.8. The van der Waals surface area contributed by atoms with Gasteiger partial charge in [0.1, 0.15) is 12.2 Å². The molecule has 6 nitrogen and oxygen atoms in total. The van der Waals surface area contributed by atoms with Crippen LogP contribution in [0.25, 0.3) is 0 Å². The summed E-state index contributed by atoms with van der Waals surface area (Å²) in [5, 5.41) is 8.42. The highest BCUT2D eigenvalue weighted by atomic mass is 16.2. The molecule has 1 aromatic rings. The van der Waals surface area contributed by atoms with E-state index in [0.717, 1.165) is 44.2 Å². The number of aromatic nitrogens is 3. The van der Waals surface area contributed by atoms with Gasteiger partial charge in [-0.25, -0.2) is 0 Å². The van der Waals surface area contributed by atoms with Gasteiger partial charge in [-0.15, -0.1) is 10.2 Å². The molecular weight excluding hydrogens is 338 g/mol. The van der Waals surface area contributed by atoms with Crippen molar-refractivity contribution in [1.29, 1.82) is 0 Å². The number of rotatable bonds is 6. The van der Waals surface area contributed by atoms with Gasteiger partial charge in [-0.2, -0.15) is 0 Å². The van der Waals surface area contributed by atoms with E-state index in [9.17, 15) is 4.79 Å². The molecule has 6 heteroatoms. The van der Waals surface area contributed by atoms with Crippen LogP contribution < -0.4 is 0 Å². The Balaban J connectivity index is 1.30. The lowest BCUT2D eigenvalue weighted by atomic mass is 9.86. The number of likely N-dealkylation sites (tertiary alicyclic amines) is 1. The fraction of sp³-hybridized carbons (Fsp3) is 0.857. The van der Waals surface area contributed by atoms with E-state index in [-0.39, 0.29) is 0 Å². The Morgan fingerprint density at radius 1 is 1.07 bits per heavy atom. The smallest absolute Gasteiger partial charge is 0.237 e. The van der Waals surface area contributed by atoms with Crippen LogP contribution in [0.15, 0.2) is 6.33 Å². The van der Waals surface area contributed by atoms with Gasteiger partial charge in [0.25, 0.3) is 0 Å². The number of amides is 1. The molecule has 2 saturated carbocycles. The summed E-state index contributed by atoms with van der Waals surface area (Å²) in [5.41, 5.74) is 0. The van der Waals surface area contributed by atoms with E-state index in [1.54, 1.807) is 0 Å². The number of nitrogens with zero attached hydrogens (tertiary/aromatic N) is 5. The summed E-state index contributed by atoms with van der Waals surface area (Å²) in [7, 11) is 0. The fourth-order valence-electron chi connectivity index (χ4n) is 5.02. The van der Waals surface area contributed by atoms with Crippen molar-refractivity contribution in [2.24, 2.45) is 5.92 Å². The number of carbonyl (C=O) groups excluding carboxylic acids is 1. The quantitative estimate of drug-likeness (QED) is 0.769. The maximum atomic E-state index is 13.1. The molecule has 3 fully saturated rings. The van der Waals surface area contributed by atoms with E-state index in [1.165, 1.54) is 38.5 Å². The van der Waals surface area contributed by atoms with Crippen LogP contribution in [0, 0.1) is 5.92 Å². The van der Waals surface area contributed by atoms with Gasteiger partial charge in [0.15, 0.2) is 0 Å². The predicted octanol–water partition coefficient (Wildman–Crippen LogP) is 3.05. The second-order valence-corrected chi connectivity index (χ2v) is 8.97. The minimum Gasteiger partial charge on any atom is -0.336 e. The molecule has 0 spiro atoms. The topological polar surface area (TPSA) is 54.3 Å². The normalized spacial score (nSPS) is 27.6. The Kier molecular flexibility index (Phi) is 5.81. The van der Waals surface area contributed by atoms with Crippen LogP contribution in [-0.2, 0) is 11.3 Å². The zero-order chi connectivity index (χ0) is 18.8. The highest BCUT2D eigenvalue weighted by molar-refractivity contribution is 5.79. The third-order valence-corrected chi connectivity index (χ3v) is 6.90. The first-order valence-corrected chi connectivity index (χ1v) is 11.1. The average molecular weight is 374 g/mol. The molecule has 0 aromatic carbocycles. The Hall–Kier alpha value is -1.43. The molecular formula is C21H35N5O. The zero-order valence-electron chi connectivity index (χ0n) is 17.0. The van der Waals surface area contributed by atoms with Crippen molar-refractivity contribution in [3.05, 3.63) is 12.2 Å². The monoisotopic (exact) mass is 373 g/mol. The minimum absolute atomic E-state index is 0.382. The van der Waals surface area contributed by atoms with E-state index < -0.39 is 0 Å². The van der Waals surface area contributed by atoms with Crippen LogP contribution in [0.4, 0.5) is 0 Å². The van der Waals surface area contributed by atoms with E-state index in [4.69, 9.17) is 0 Å². The maximum absolute atomic E-state index is 13.1. The molecule has 2 heterocycles. The first-order chi connectivity index (χ1) is 13.2. The molecule has 0 radical (unpaired) electrons. The average Bonchev–Trinajstić information content (AvgIpc) is 3.39. The van der Waals surface area contributed by atoms with Gasteiger partial charge < -0.3 is 9.47 Å². The minimum atomic E-state index is 0.382. The third-order valence-electron chi connectivity index (χ3n) is 6.90. The lowest BCUT2D eigenvalue weighted by molar-refractivity contribution is -0.136. The van der Waals surface area contributed by atoms with Crippen molar-refractivity contribution < 1.29 is 4.79 Å². The van der Waals surface area contributed by atoms with Crippen LogP contribution in [-0.4, -0.2) is 62.2 Å². The van der Waals surface area contributed by atoms with Crippen LogP contribution in [0.2, 0.25) is 0 Å². The first-order valence-electron chi connectivity index (χ1n) is 11.1. The molecule has 3 aliphatic rings. The summed E-state index contributed by atoms with van der Waals surface area (Å²) >= 11 is 0. The van der Waals surface area contributed by atoms with Gasteiger partial charge >= 0.3 is 0 Å².